The average molecular weight is 216 g/mol. The smallest absolute Gasteiger partial charge is 0.326 e. The van der Waals surface area contributed by atoms with Crippen LogP contribution < -0.4 is 10.6 Å². The molecular formula is C9H16N2O4. The van der Waals surface area contributed by atoms with Gasteiger partial charge in [0.2, 0.25) is 0 Å². The molecule has 0 saturated heterocycles. The largest absolute Gasteiger partial charge is 0.480 e. The Kier molecular flexibility index (Phi) is 6.12. The topological polar surface area (TPSA) is 98.7 Å². The van der Waals surface area contributed by atoms with Gasteiger partial charge in [0.25, 0.3) is 0 Å². The number of nitrogens with one attached hydrogen (secondary N) is 2. The fourth-order valence-electron chi connectivity index (χ4n) is 0.852. The van der Waals surface area contributed by atoms with E-state index in [1.165, 1.54) is 6.08 Å². The van der Waals surface area contributed by atoms with E-state index < -0.39 is 18.0 Å². The molecule has 0 fully saturated rings. The number of urea groups is 1. The summed E-state index contributed by atoms with van der Waals surface area (Å²) in [6, 6.07) is -1.91. The standard InChI is InChI=1S/C9H16N2O4/c1-3-6(2)10-9(15)11-7(4-5-12)8(13)14/h3,6-7,12H,1,4-5H2,2H3,(H,13,14)(H2,10,11,15)/t6?,7-/m0/s1. The molecule has 0 heterocycles. The predicted molar refractivity (Wildman–Crippen MR) is 54.5 cm³/mol. The van der Waals surface area contributed by atoms with Crippen molar-refractivity contribution in [3.05, 3.63) is 12.7 Å². The Morgan fingerprint density at radius 2 is 2.07 bits per heavy atom. The van der Waals surface area contributed by atoms with Gasteiger partial charge in [-0.3, -0.25) is 0 Å². The van der Waals surface area contributed by atoms with E-state index in [0.29, 0.717) is 0 Å². The summed E-state index contributed by atoms with van der Waals surface area (Å²) in [4.78, 5) is 21.8. The fourth-order valence-corrected chi connectivity index (χ4v) is 0.852. The van der Waals surface area contributed by atoms with Crippen LogP contribution in [0, 0.1) is 0 Å². The van der Waals surface area contributed by atoms with Crippen LogP contribution >= 0.6 is 0 Å². The molecule has 0 bridgehead atoms. The molecule has 86 valence electrons. The molecule has 4 N–H and O–H groups in total. The summed E-state index contributed by atoms with van der Waals surface area (Å²) >= 11 is 0. The van der Waals surface area contributed by atoms with Crippen LogP contribution in [0.15, 0.2) is 12.7 Å². The summed E-state index contributed by atoms with van der Waals surface area (Å²) in [7, 11) is 0. The zero-order valence-corrected chi connectivity index (χ0v) is 8.56. The Morgan fingerprint density at radius 3 is 2.47 bits per heavy atom. The van der Waals surface area contributed by atoms with Gasteiger partial charge in [-0.1, -0.05) is 6.08 Å². The van der Waals surface area contributed by atoms with Crippen LogP contribution in [0.25, 0.3) is 0 Å². The number of hydrogen-bond donors (Lipinski definition) is 4. The molecule has 0 radical (unpaired) electrons. The Balaban J connectivity index is 4.10. The second kappa shape index (κ2) is 6.83. The zero-order valence-electron chi connectivity index (χ0n) is 8.56. The Morgan fingerprint density at radius 1 is 1.47 bits per heavy atom. The molecule has 0 aliphatic rings. The van der Waals surface area contributed by atoms with Crippen molar-refractivity contribution in [1.29, 1.82) is 0 Å². The van der Waals surface area contributed by atoms with Crippen molar-refractivity contribution in [3.8, 4) is 0 Å². The first kappa shape index (κ1) is 13.4. The van der Waals surface area contributed by atoms with Gasteiger partial charge in [-0.25, -0.2) is 9.59 Å². The molecule has 0 aromatic rings. The summed E-state index contributed by atoms with van der Waals surface area (Å²) in [5.41, 5.74) is 0. The summed E-state index contributed by atoms with van der Waals surface area (Å²) in [6.45, 7) is 4.87. The van der Waals surface area contributed by atoms with Crippen molar-refractivity contribution in [2.45, 2.75) is 25.4 Å². The van der Waals surface area contributed by atoms with Crippen molar-refractivity contribution >= 4 is 12.0 Å². The van der Waals surface area contributed by atoms with Crippen LogP contribution in [0.3, 0.4) is 0 Å². The van der Waals surface area contributed by atoms with Crippen molar-refractivity contribution in [3.63, 3.8) is 0 Å². The Hall–Kier alpha value is -1.56. The highest BCUT2D eigenvalue weighted by Gasteiger charge is 2.19. The molecule has 0 aliphatic heterocycles. The summed E-state index contributed by atoms with van der Waals surface area (Å²) in [5.74, 6) is -1.18. The lowest BCUT2D eigenvalue weighted by Gasteiger charge is -2.15. The lowest BCUT2D eigenvalue weighted by molar-refractivity contribution is -0.139. The Bertz CT molecular complexity index is 242. The van der Waals surface area contributed by atoms with Gasteiger partial charge in [0.05, 0.1) is 0 Å². The van der Waals surface area contributed by atoms with E-state index in [2.05, 4.69) is 17.2 Å². The van der Waals surface area contributed by atoms with Gasteiger partial charge >= 0.3 is 12.0 Å². The molecule has 6 heteroatoms. The first-order valence-corrected chi connectivity index (χ1v) is 4.54. The van der Waals surface area contributed by atoms with Crippen molar-refractivity contribution in [2.75, 3.05) is 6.61 Å². The maximum atomic E-state index is 11.2. The number of aliphatic carboxylic acids is 1. The van der Waals surface area contributed by atoms with Gasteiger partial charge in [-0.05, 0) is 6.92 Å². The average Bonchev–Trinajstić information content (AvgIpc) is 2.16. The minimum absolute atomic E-state index is 0.0226. The van der Waals surface area contributed by atoms with Crippen molar-refractivity contribution in [1.82, 2.24) is 10.6 Å². The number of carboxylic acid groups (broad SMARTS) is 1. The molecule has 0 saturated carbocycles. The first-order chi connectivity index (χ1) is 7.01. The molecule has 0 aliphatic carbocycles. The van der Waals surface area contributed by atoms with Crippen LogP contribution in [0.2, 0.25) is 0 Å². The normalized spacial score (nSPS) is 13.7. The van der Waals surface area contributed by atoms with E-state index in [-0.39, 0.29) is 19.1 Å². The van der Waals surface area contributed by atoms with Crippen LogP contribution in [-0.2, 0) is 4.79 Å². The third kappa shape index (κ3) is 5.69. The summed E-state index contributed by atoms with van der Waals surface area (Å²) in [6.07, 6.45) is 1.49. The number of rotatable bonds is 6. The first-order valence-electron chi connectivity index (χ1n) is 4.54. The van der Waals surface area contributed by atoms with E-state index in [0.717, 1.165) is 0 Å². The number of carboxylic acids is 1. The molecule has 0 rings (SSSR count). The highest BCUT2D eigenvalue weighted by Crippen LogP contribution is 1.91. The highest BCUT2D eigenvalue weighted by molar-refractivity contribution is 5.82. The van der Waals surface area contributed by atoms with Crippen LogP contribution in [0.1, 0.15) is 13.3 Å². The summed E-state index contributed by atoms with van der Waals surface area (Å²) < 4.78 is 0. The molecule has 0 aromatic heterocycles. The van der Waals surface area contributed by atoms with Gasteiger partial charge < -0.3 is 20.8 Å². The molecule has 1 unspecified atom stereocenters. The molecular weight excluding hydrogens is 200 g/mol. The maximum Gasteiger partial charge on any atom is 0.326 e. The second-order valence-corrected chi connectivity index (χ2v) is 3.05. The zero-order chi connectivity index (χ0) is 11.8. The monoisotopic (exact) mass is 216 g/mol. The summed E-state index contributed by atoms with van der Waals surface area (Å²) in [5, 5.41) is 21.9. The third-order valence-corrected chi connectivity index (χ3v) is 1.73. The van der Waals surface area contributed by atoms with Gasteiger partial charge in [-0.2, -0.15) is 0 Å². The van der Waals surface area contributed by atoms with Gasteiger partial charge in [0.1, 0.15) is 6.04 Å². The van der Waals surface area contributed by atoms with E-state index in [1.54, 1.807) is 6.92 Å². The lowest BCUT2D eigenvalue weighted by Crippen LogP contribution is -2.48. The van der Waals surface area contributed by atoms with E-state index >= 15 is 0 Å². The maximum absolute atomic E-state index is 11.2. The molecule has 15 heavy (non-hydrogen) atoms. The van der Waals surface area contributed by atoms with Crippen molar-refractivity contribution in [2.24, 2.45) is 0 Å². The Labute approximate surface area is 88.0 Å². The predicted octanol–water partition coefficient (Wildman–Crippen LogP) is -0.304. The fraction of sp³-hybridized carbons (Fsp3) is 0.556. The number of hydrogen-bond acceptors (Lipinski definition) is 3. The van der Waals surface area contributed by atoms with Gasteiger partial charge in [-0.15, -0.1) is 6.58 Å². The highest BCUT2D eigenvalue weighted by atomic mass is 16.4. The molecule has 6 nitrogen and oxygen atoms in total. The molecule has 0 spiro atoms. The van der Waals surface area contributed by atoms with Gasteiger partial charge in [0.15, 0.2) is 0 Å². The quantitative estimate of drug-likeness (QED) is 0.458. The van der Waals surface area contributed by atoms with Crippen LogP contribution in [0.5, 0.6) is 0 Å². The SMILES string of the molecule is C=CC(C)NC(=O)N[C@@H](CCO)C(=O)O. The molecule has 2 atom stereocenters. The van der Waals surface area contributed by atoms with Gasteiger partial charge in [0, 0.05) is 19.1 Å². The minimum Gasteiger partial charge on any atom is -0.480 e. The lowest BCUT2D eigenvalue weighted by atomic mass is 10.2. The minimum atomic E-state index is -1.18. The third-order valence-electron chi connectivity index (χ3n) is 1.73. The number of aliphatic hydroxyl groups is 1. The van der Waals surface area contributed by atoms with E-state index in [4.69, 9.17) is 10.2 Å². The van der Waals surface area contributed by atoms with E-state index in [9.17, 15) is 9.59 Å². The van der Waals surface area contributed by atoms with Crippen LogP contribution in [-0.4, -0.2) is 40.9 Å². The van der Waals surface area contributed by atoms with E-state index in [1.807, 2.05) is 0 Å². The number of amides is 2. The van der Waals surface area contributed by atoms with Crippen molar-refractivity contribution < 1.29 is 19.8 Å². The number of carbonyl (C=O) groups excluding carboxylic acids is 1. The van der Waals surface area contributed by atoms with Crippen LogP contribution in [0.4, 0.5) is 4.79 Å². The number of carbonyl (C=O) groups is 2. The number of aliphatic hydroxyl groups excluding tert-OH is 1. The molecule has 2 amide bonds. The second-order valence-electron chi connectivity index (χ2n) is 3.05. The molecule has 0 aromatic carbocycles.